The summed E-state index contributed by atoms with van der Waals surface area (Å²) in [5, 5.41) is 19.2. The predicted octanol–water partition coefficient (Wildman–Crippen LogP) is -3.03. The van der Waals surface area contributed by atoms with Crippen molar-refractivity contribution >= 4 is 53.3 Å². The van der Waals surface area contributed by atoms with Crippen LogP contribution in [0.2, 0.25) is 0 Å². The zero-order valence-electron chi connectivity index (χ0n) is 9.46. The zero-order chi connectivity index (χ0) is 14.3. The van der Waals surface area contributed by atoms with Gasteiger partial charge >= 0.3 is 41.5 Å². The minimum absolute atomic E-state index is 0. The molecule has 104 valence electrons. The molecule has 10 heteroatoms. The summed E-state index contributed by atoms with van der Waals surface area (Å²) in [7, 11) is 0. The van der Waals surface area contributed by atoms with Crippen molar-refractivity contribution < 1.29 is 29.4 Å². The van der Waals surface area contributed by atoms with Gasteiger partial charge in [0, 0.05) is 6.42 Å². The van der Waals surface area contributed by atoms with Crippen molar-refractivity contribution in [2.75, 3.05) is 0 Å². The fraction of sp³-hybridized carbons (Fsp3) is 0.556. The van der Waals surface area contributed by atoms with Crippen LogP contribution in [0, 0.1) is 0 Å². The van der Waals surface area contributed by atoms with E-state index < -0.39 is 42.3 Å². The summed E-state index contributed by atoms with van der Waals surface area (Å²) < 4.78 is 0. The first-order valence-corrected chi connectivity index (χ1v) is 5.03. The van der Waals surface area contributed by atoms with Crippen LogP contribution in [0.15, 0.2) is 0 Å². The van der Waals surface area contributed by atoms with Crippen molar-refractivity contribution in [2.24, 2.45) is 11.5 Å². The summed E-state index contributed by atoms with van der Waals surface area (Å²) in [4.78, 5) is 42.9. The molecule has 0 aromatic heterocycles. The number of nitrogens with one attached hydrogen (secondary N) is 1. The summed E-state index contributed by atoms with van der Waals surface area (Å²) in [6.07, 6.45) is -1.02. The van der Waals surface area contributed by atoms with Crippen LogP contribution in [0.25, 0.3) is 0 Å². The number of rotatable bonds is 8. The Morgan fingerprint density at radius 2 is 1.68 bits per heavy atom. The molecule has 0 saturated carbocycles. The molecular formula is C9H16N3NaO6. The number of carbonyl (C=O) groups excluding carboxylic acids is 2. The third-order valence-electron chi connectivity index (χ3n) is 2.03. The molecule has 19 heavy (non-hydrogen) atoms. The minimum atomic E-state index is -1.35. The molecule has 0 rings (SSSR count). The van der Waals surface area contributed by atoms with Crippen LogP contribution in [0.1, 0.15) is 19.3 Å². The van der Waals surface area contributed by atoms with Gasteiger partial charge in [0.05, 0.1) is 12.5 Å². The third kappa shape index (κ3) is 9.42. The number of hydrogen-bond acceptors (Lipinski definition) is 5. The monoisotopic (exact) mass is 285 g/mol. The first-order valence-electron chi connectivity index (χ1n) is 5.03. The molecule has 0 saturated heterocycles. The summed E-state index contributed by atoms with van der Waals surface area (Å²) in [6.45, 7) is 0. The van der Waals surface area contributed by atoms with Crippen LogP contribution in [0.5, 0.6) is 0 Å². The molecule has 9 nitrogen and oxygen atoms in total. The Balaban J connectivity index is 0. The Labute approximate surface area is 131 Å². The van der Waals surface area contributed by atoms with E-state index in [1.807, 2.05) is 5.32 Å². The number of carboxylic acids is 2. The fourth-order valence-corrected chi connectivity index (χ4v) is 1.10. The van der Waals surface area contributed by atoms with Crippen LogP contribution in [0.3, 0.4) is 0 Å². The Morgan fingerprint density at radius 1 is 1.16 bits per heavy atom. The molecule has 0 aromatic rings. The molecule has 0 aliphatic carbocycles. The first kappa shape index (κ1) is 20.2. The molecule has 0 radical (unpaired) electrons. The van der Waals surface area contributed by atoms with Gasteiger partial charge in [-0.05, 0) is 6.42 Å². The number of primary amides is 1. The van der Waals surface area contributed by atoms with Crippen molar-refractivity contribution in [1.29, 1.82) is 0 Å². The summed E-state index contributed by atoms with van der Waals surface area (Å²) in [5.41, 5.74) is 10.1. The van der Waals surface area contributed by atoms with Gasteiger partial charge in [0.1, 0.15) is 6.04 Å². The van der Waals surface area contributed by atoms with Gasteiger partial charge in [-0.25, -0.2) is 4.79 Å². The van der Waals surface area contributed by atoms with E-state index >= 15 is 0 Å². The van der Waals surface area contributed by atoms with Gasteiger partial charge in [-0.3, -0.25) is 14.4 Å². The maximum absolute atomic E-state index is 11.4. The summed E-state index contributed by atoms with van der Waals surface area (Å²) in [5.74, 6) is -4.24. The zero-order valence-corrected chi connectivity index (χ0v) is 9.46. The van der Waals surface area contributed by atoms with Crippen LogP contribution < -0.4 is 16.8 Å². The molecule has 0 fully saturated rings. The fourth-order valence-electron chi connectivity index (χ4n) is 1.10. The Hall–Kier alpha value is -1.16. The number of hydrogen-bond donors (Lipinski definition) is 5. The SMILES string of the molecule is NC(=O)CC[C@H](NC(=O)[C@@H](N)CC(=O)O)C(=O)O.[NaH]. The van der Waals surface area contributed by atoms with E-state index in [1.54, 1.807) is 0 Å². The van der Waals surface area contributed by atoms with Crippen LogP contribution in [0.4, 0.5) is 0 Å². The van der Waals surface area contributed by atoms with E-state index in [4.69, 9.17) is 21.7 Å². The molecule has 0 aliphatic rings. The molecule has 0 unspecified atom stereocenters. The van der Waals surface area contributed by atoms with E-state index in [-0.39, 0.29) is 42.4 Å². The average molecular weight is 285 g/mol. The molecule has 2 amide bonds. The van der Waals surface area contributed by atoms with E-state index in [2.05, 4.69) is 0 Å². The van der Waals surface area contributed by atoms with E-state index in [1.165, 1.54) is 0 Å². The maximum atomic E-state index is 11.4. The predicted molar refractivity (Wildman–Crippen MR) is 65.4 cm³/mol. The second kappa shape index (κ2) is 9.73. The van der Waals surface area contributed by atoms with E-state index in [0.717, 1.165) is 0 Å². The van der Waals surface area contributed by atoms with Gasteiger partial charge in [0.2, 0.25) is 11.8 Å². The summed E-state index contributed by atoms with van der Waals surface area (Å²) >= 11 is 0. The molecule has 0 bridgehead atoms. The number of amides is 2. The quantitative estimate of drug-likeness (QED) is 0.295. The Kier molecular flexibility index (Phi) is 10.3. The number of carbonyl (C=O) groups is 4. The number of aliphatic carboxylic acids is 2. The molecule has 0 aliphatic heterocycles. The molecule has 2 atom stereocenters. The average Bonchev–Trinajstić information content (AvgIpc) is 2.21. The first-order chi connectivity index (χ1) is 8.23. The third-order valence-corrected chi connectivity index (χ3v) is 2.03. The van der Waals surface area contributed by atoms with Crippen LogP contribution >= 0.6 is 0 Å². The van der Waals surface area contributed by atoms with Gasteiger partial charge in [0.15, 0.2) is 0 Å². The van der Waals surface area contributed by atoms with Crippen molar-refractivity contribution in [1.82, 2.24) is 5.32 Å². The van der Waals surface area contributed by atoms with Gasteiger partial charge in [-0.1, -0.05) is 0 Å². The second-order valence-corrected chi connectivity index (χ2v) is 3.61. The summed E-state index contributed by atoms with van der Waals surface area (Å²) in [6, 6.07) is -2.68. The number of carboxylic acid groups (broad SMARTS) is 2. The molecule has 7 N–H and O–H groups in total. The van der Waals surface area contributed by atoms with Crippen molar-refractivity contribution in [3.63, 3.8) is 0 Å². The molecule has 0 spiro atoms. The van der Waals surface area contributed by atoms with Crippen molar-refractivity contribution in [3.05, 3.63) is 0 Å². The Morgan fingerprint density at radius 3 is 2.05 bits per heavy atom. The topological polar surface area (TPSA) is 173 Å². The molecule has 0 aromatic carbocycles. The molecule has 0 heterocycles. The van der Waals surface area contributed by atoms with E-state index in [9.17, 15) is 19.2 Å². The van der Waals surface area contributed by atoms with Crippen LogP contribution in [-0.4, -0.2) is 75.6 Å². The Bertz CT molecular complexity index is 362. The normalized spacial score (nSPS) is 12.7. The second-order valence-electron chi connectivity index (χ2n) is 3.61. The van der Waals surface area contributed by atoms with Gasteiger partial charge in [-0.2, -0.15) is 0 Å². The van der Waals surface area contributed by atoms with Crippen molar-refractivity contribution in [3.8, 4) is 0 Å². The standard InChI is InChI=1S/C9H15N3O6.Na.H/c10-4(3-7(14)15)8(16)12-5(9(17)18)1-2-6(11)13;;/h4-5H,1-3,10H2,(H2,11,13)(H,12,16)(H,14,15)(H,17,18);;/t4-,5-;;/m0../s1. The number of nitrogens with two attached hydrogens (primary N) is 2. The van der Waals surface area contributed by atoms with Gasteiger partial charge in [0.25, 0.3) is 0 Å². The van der Waals surface area contributed by atoms with E-state index in [0.29, 0.717) is 0 Å². The van der Waals surface area contributed by atoms with Crippen molar-refractivity contribution in [2.45, 2.75) is 31.3 Å². The van der Waals surface area contributed by atoms with Gasteiger partial charge < -0.3 is 27.0 Å². The van der Waals surface area contributed by atoms with Gasteiger partial charge in [-0.15, -0.1) is 0 Å². The van der Waals surface area contributed by atoms with Crippen LogP contribution in [-0.2, 0) is 19.2 Å². The molecular weight excluding hydrogens is 269 g/mol.